The molecule has 2 aliphatic carbocycles. The molecule has 0 aliphatic heterocycles. The van der Waals surface area contributed by atoms with Gasteiger partial charge in [0.1, 0.15) is 0 Å². The molecule has 0 unspecified atom stereocenters. The molecule has 0 aromatic carbocycles. The number of anilines is 1. The van der Waals surface area contributed by atoms with E-state index in [2.05, 4.69) is 17.2 Å². The highest BCUT2D eigenvalue weighted by Gasteiger charge is 2.23. The van der Waals surface area contributed by atoms with Crippen molar-refractivity contribution in [2.24, 2.45) is 0 Å². The summed E-state index contributed by atoms with van der Waals surface area (Å²) in [7, 11) is 0. The maximum Gasteiger partial charge on any atom is 0.0663 e. The Balaban J connectivity index is 1.80. The number of aromatic nitrogens is 1. The van der Waals surface area contributed by atoms with Crippen molar-refractivity contribution in [3.05, 3.63) is 23.5 Å². The summed E-state index contributed by atoms with van der Waals surface area (Å²) in [5.74, 6) is 1.37. The van der Waals surface area contributed by atoms with Crippen LogP contribution in [0.2, 0.25) is 0 Å². The number of rotatable bonds is 2. The van der Waals surface area contributed by atoms with Crippen molar-refractivity contribution >= 4 is 5.69 Å². The van der Waals surface area contributed by atoms with Crippen LogP contribution in [0.15, 0.2) is 12.3 Å². The molecule has 1 aromatic heterocycles. The highest BCUT2D eigenvalue weighted by atomic mass is 14.7. The van der Waals surface area contributed by atoms with Crippen LogP contribution in [-0.4, -0.2) is 4.98 Å². The fraction of sp³-hybridized carbons (Fsp3) is 0.667. The quantitative estimate of drug-likeness (QED) is 0.834. The van der Waals surface area contributed by atoms with Crippen LogP contribution in [0, 0.1) is 0 Å². The second-order valence-electron chi connectivity index (χ2n) is 5.71. The molecule has 0 atom stereocenters. The normalized spacial score (nSPS) is 22.4. The smallest absolute Gasteiger partial charge is 0.0663 e. The Morgan fingerprint density at radius 2 is 1.65 bits per heavy atom. The molecule has 2 nitrogen and oxygen atoms in total. The molecule has 1 heterocycles. The average molecular weight is 230 g/mol. The van der Waals surface area contributed by atoms with Gasteiger partial charge in [-0.1, -0.05) is 25.7 Å². The predicted octanol–water partition coefficient (Wildman–Crippen LogP) is 3.98. The number of nitrogens with two attached hydrogens (primary N) is 1. The SMILES string of the molecule is Nc1cc(C2CCC2)cnc1C1CCCCC1. The Hall–Kier alpha value is -1.05. The van der Waals surface area contributed by atoms with Gasteiger partial charge in [-0.05, 0) is 43.2 Å². The van der Waals surface area contributed by atoms with Crippen LogP contribution in [0.3, 0.4) is 0 Å². The van der Waals surface area contributed by atoms with Gasteiger partial charge in [-0.2, -0.15) is 0 Å². The van der Waals surface area contributed by atoms with Gasteiger partial charge in [0, 0.05) is 12.1 Å². The Morgan fingerprint density at radius 3 is 2.24 bits per heavy atom. The molecular weight excluding hydrogens is 208 g/mol. The molecule has 3 rings (SSSR count). The van der Waals surface area contributed by atoms with Gasteiger partial charge in [-0.15, -0.1) is 0 Å². The van der Waals surface area contributed by atoms with Crippen molar-refractivity contribution in [3.8, 4) is 0 Å². The first-order chi connectivity index (χ1) is 8.34. The monoisotopic (exact) mass is 230 g/mol. The van der Waals surface area contributed by atoms with Gasteiger partial charge in [0.2, 0.25) is 0 Å². The molecule has 2 heteroatoms. The van der Waals surface area contributed by atoms with Crippen LogP contribution >= 0.6 is 0 Å². The minimum atomic E-state index is 0.624. The first-order valence-corrected chi connectivity index (χ1v) is 7.10. The number of hydrogen-bond acceptors (Lipinski definition) is 2. The fourth-order valence-corrected chi connectivity index (χ4v) is 3.19. The van der Waals surface area contributed by atoms with E-state index in [1.54, 1.807) is 0 Å². The van der Waals surface area contributed by atoms with E-state index in [4.69, 9.17) is 5.73 Å². The Labute approximate surface area is 104 Å². The Kier molecular flexibility index (Phi) is 3.04. The van der Waals surface area contributed by atoms with Gasteiger partial charge in [0.05, 0.1) is 11.4 Å². The third-order valence-electron chi connectivity index (χ3n) is 4.54. The molecule has 0 spiro atoms. The summed E-state index contributed by atoms with van der Waals surface area (Å²) in [6, 6.07) is 2.20. The maximum absolute atomic E-state index is 6.21. The molecule has 2 N–H and O–H groups in total. The second kappa shape index (κ2) is 4.67. The van der Waals surface area contributed by atoms with Gasteiger partial charge < -0.3 is 5.73 Å². The van der Waals surface area contributed by atoms with Gasteiger partial charge in [-0.25, -0.2) is 0 Å². The molecular formula is C15H22N2. The Morgan fingerprint density at radius 1 is 0.941 bits per heavy atom. The average Bonchev–Trinajstić information content (AvgIpc) is 2.28. The molecule has 0 saturated heterocycles. The lowest BCUT2D eigenvalue weighted by Gasteiger charge is -2.27. The number of nitrogens with zero attached hydrogens (tertiary/aromatic N) is 1. The van der Waals surface area contributed by atoms with Crippen molar-refractivity contribution in [3.63, 3.8) is 0 Å². The van der Waals surface area contributed by atoms with E-state index >= 15 is 0 Å². The fourth-order valence-electron chi connectivity index (χ4n) is 3.19. The molecule has 1 aromatic rings. The van der Waals surface area contributed by atoms with E-state index in [-0.39, 0.29) is 0 Å². The van der Waals surface area contributed by atoms with Crippen molar-refractivity contribution in [2.75, 3.05) is 5.73 Å². The van der Waals surface area contributed by atoms with Crippen molar-refractivity contribution in [1.82, 2.24) is 4.98 Å². The third kappa shape index (κ3) is 2.18. The standard InChI is InChI=1S/C15H22N2/c16-14-9-13(11-7-4-8-11)10-17-15(14)12-5-2-1-3-6-12/h9-12H,1-8,16H2. The Bertz CT molecular complexity index is 390. The molecule has 2 saturated carbocycles. The zero-order valence-corrected chi connectivity index (χ0v) is 10.5. The highest BCUT2D eigenvalue weighted by Crippen LogP contribution is 2.39. The van der Waals surface area contributed by atoms with Crippen molar-refractivity contribution in [2.45, 2.75) is 63.2 Å². The van der Waals surface area contributed by atoms with E-state index in [1.807, 2.05) is 0 Å². The van der Waals surface area contributed by atoms with E-state index in [9.17, 15) is 0 Å². The minimum Gasteiger partial charge on any atom is -0.397 e. The lowest BCUT2D eigenvalue weighted by atomic mass is 9.80. The number of hydrogen-bond donors (Lipinski definition) is 1. The van der Waals surface area contributed by atoms with Crippen LogP contribution in [0.25, 0.3) is 0 Å². The largest absolute Gasteiger partial charge is 0.397 e. The molecule has 0 amide bonds. The molecule has 0 radical (unpaired) electrons. The predicted molar refractivity (Wildman–Crippen MR) is 71.1 cm³/mol. The molecule has 92 valence electrons. The number of pyridine rings is 1. The summed E-state index contributed by atoms with van der Waals surface area (Å²) >= 11 is 0. The summed E-state index contributed by atoms with van der Waals surface area (Å²) in [6.45, 7) is 0. The van der Waals surface area contributed by atoms with Crippen molar-refractivity contribution < 1.29 is 0 Å². The van der Waals surface area contributed by atoms with Crippen LogP contribution in [0.1, 0.15) is 74.5 Å². The highest BCUT2D eigenvalue weighted by molar-refractivity contribution is 5.47. The van der Waals surface area contributed by atoms with Gasteiger partial charge in [-0.3, -0.25) is 4.98 Å². The van der Waals surface area contributed by atoms with E-state index in [0.29, 0.717) is 5.92 Å². The van der Waals surface area contributed by atoms with Crippen LogP contribution < -0.4 is 5.73 Å². The first kappa shape index (κ1) is 11.1. The summed E-state index contributed by atoms with van der Waals surface area (Å²) in [6.07, 6.45) is 12.7. The van der Waals surface area contributed by atoms with E-state index in [0.717, 1.165) is 11.6 Å². The van der Waals surface area contributed by atoms with Crippen LogP contribution in [0.5, 0.6) is 0 Å². The molecule has 2 fully saturated rings. The van der Waals surface area contributed by atoms with Gasteiger partial charge in [0.25, 0.3) is 0 Å². The third-order valence-corrected chi connectivity index (χ3v) is 4.54. The molecule has 2 aliphatic rings. The van der Waals surface area contributed by atoms with Gasteiger partial charge in [0.15, 0.2) is 0 Å². The van der Waals surface area contributed by atoms with Crippen LogP contribution in [-0.2, 0) is 0 Å². The zero-order valence-electron chi connectivity index (χ0n) is 10.5. The zero-order chi connectivity index (χ0) is 11.7. The second-order valence-corrected chi connectivity index (χ2v) is 5.71. The van der Waals surface area contributed by atoms with Gasteiger partial charge >= 0.3 is 0 Å². The topological polar surface area (TPSA) is 38.9 Å². The summed E-state index contributed by atoms with van der Waals surface area (Å²) in [5, 5.41) is 0. The van der Waals surface area contributed by atoms with Crippen LogP contribution in [0.4, 0.5) is 5.69 Å². The number of nitrogen functional groups attached to an aromatic ring is 1. The maximum atomic E-state index is 6.21. The van der Waals surface area contributed by atoms with E-state index < -0.39 is 0 Å². The summed E-state index contributed by atoms with van der Waals surface area (Å²) < 4.78 is 0. The minimum absolute atomic E-state index is 0.624. The molecule has 0 bridgehead atoms. The van der Waals surface area contributed by atoms with Crippen molar-refractivity contribution in [1.29, 1.82) is 0 Å². The van der Waals surface area contributed by atoms with E-state index in [1.165, 1.54) is 62.6 Å². The summed E-state index contributed by atoms with van der Waals surface area (Å²) in [4.78, 5) is 4.68. The molecule has 17 heavy (non-hydrogen) atoms. The lowest BCUT2D eigenvalue weighted by Crippen LogP contribution is -2.13. The lowest BCUT2D eigenvalue weighted by molar-refractivity contribution is 0.416. The summed E-state index contributed by atoms with van der Waals surface area (Å²) in [5.41, 5.74) is 9.69. The first-order valence-electron chi connectivity index (χ1n) is 7.10.